The van der Waals surface area contributed by atoms with Gasteiger partial charge in [0.1, 0.15) is 5.69 Å². The fraction of sp³-hybridized carbons (Fsp3) is 0.450. The number of amides is 2. The number of carbonyl (C=O) groups excluding carboxylic acids is 2. The van der Waals surface area contributed by atoms with Crippen molar-refractivity contribution in [2.45, 2.75) is 50.6 Å². The minimum absolute atomic E-state index is 0.0764. The van der Waals surface area contributed by atoms with Crippen LogP contribution in [-0.4, -0.2) is 38.2 Å². The molecule has 6 nitrogen and oxygen atoms in total. The summed E-state index contributed by atoms with van der Waals surface area (Å²) in [6.45, 7) is 3.66. The molecule has 4 rings (SSSR count). The Morgan fingerprint density at radius 1 is 1.37 bits per heavy atom. The second-order valence-electron chi connectivity index (χ2n) is 7.69. The largest absolute Gasteiger partial charge is 0.331 e. The molecule has 2 heterocycles. The van der Waals surface area contributed by atoms with E-state index >= 15 is 0 Å². The minimum atomic E-state index is -2.84. The lowest BCUT2D eigenvalue weighted by molar-refractivity contribution is -0.114. The first-order chi connectivity index (χ1) is 14.2. The third-order valence-electron chi connectivity index (χ3n) is 5.51. The van der Waals surface area contributed by atoms with Crippen molar-refractivity contribution < 1.29 is 22.6 Å². The van der Waals surface area contributed by atoms with Crippen molar-refractivity contribution in [3.63, 3.8) is 0 Å². The molecule has 1 aromatic carbocycles. The van der Waals surface area contributed by atoms with E-state index in [1.165, 1.54) is 19.2 Å². The number of carbonyl (C=O) groups is 2. The van der Waals surface area contributed by atoms with Gasteiger partial charge in [0, 0.05) is 25.8 Å². The first kappa shape index (κ1) is 21.0. The van der Waals surface area contributed by atoms with Gasteiger partial charge in [0.25, 0.3) is 12.3 Å². The van der Waals surface area contributed by atoms with E-state index < -0.39 is 28.8 Å². The molecule has 0 bridgehead atoms. The van der Waals surface area contributed by atoms with Gasteiger partial charge in [-0.15, -0.1) is 0 Å². The van der Waals surface area contributed by atoms with Gasteiger partial charge in [0.2, 0.25) is 5.91 Å². The van der Waals surface area contributed by atoms with Crippen LogP contribution in [0.1, 0.15) is 54.7 Å². The number of thiazole rings is 1. The molecule has 2 amide bonds. The number of hydrogen-bond acceptors (Lipinski definition) is 5. The molecule has 1 saturated carbocycles. The minimum Gasteiger partial charge on any atom is -0.331 e. The molecule has 0 radical (unpaired) electrons. The van der Waals surface area contributed by atoms with E-state index in [1.807, 2.05) is 6.92 Å². The van der Waals surface area contributed by atoms with Crippen LogP contribution in [0.25, 0.3) is 10.4 Å². The summed E-state index contributed by atoms with van der Waals surface area (Å²) in [5.41, 5.74) is 1.09. The molecular weight excluding hydrogens is 432 g/mol. The second kappa shape index (κ2) is 7.81. The predicted octanol–water partition coefficient (Wildman–Crippen LogP) is 4.20. The molecular formula is C20H21F2N3O3S2. The SMILES string of the molecule is CC(=O)Nc1nc(C(F)F)c(-c2cc3c(c([S@@](C)=O)c2)C(=O)N(C(C)C2CC2)C3)s1. The summed E-state index contributed by atoms with van der Waals surface area (Å²) in [5.74, 6) is -0.0837. The highest BCUT2D eigenvalue weighted by Crippen LogP contribution is 2.43. The zero-order valence-electron chi connectivity index (χ0n) is 16.7. The molecule has 1 aliphatic carbocycles. The summed E-state index contributed by atoms with van der Waals surface area (Å²) in [5, 5.41) is 2.52. The Hall–Kier alpha value is -2.20. The monoisotopic (exact) mass is 453 g/mol. The van der Waals surface area contributed by atoms with E-state index in [9.17, 15) is 22.6 Å². The van der Waals surface area contributed by atoms with Crippen molar-refractivity contribution in [2.24, 2.45) is 5.92 Å². The van der Waals surface area contributed by atoms with Crippen LogP contribution in [0.5, 0.6) is 0 Å². The molecule has 160 valence electrons. The molecule has 2 aromatic rings. The standard InChI is InChI=1S/C20H21F2N3O3S2/c1-9(11-4-5-11)25-8-13-6-12(7-14(30(3)28)15(13)19(25)27)17-16(18(21)22)24-20(29-17)23-10(2)26/h6-7,9,11,18H,4-5,8H2,1-3H3,(H,23,24,26)/t9?,30-/m1/s1. The van der Waals surface area contributed by atoms with Gasteiger partial charge in [-0.05, 0) is 48.9 Å². The molecule has 0 saturated heterocycles. The van der Waals surface area contributed by atoms with E-state index in [4.69, 9.17) is 0 Å². The lowest BCUT2D eigenvalue weighted by atomic mass is 10.0. The van der Waals surface area contributed by atoms with Crippen molar-refractivity contribution in [3.8, 4) is 10.4 Å². The van der Waals surface area contributed by atoms with Crippen LogP contribution >= 0.6 is 11.3 Å². The molecule has 1 aromatic heterocycles. The maximum Gasteiger partial charge on any atom is 0.281 e. The van der Waals surface area contributed by atoms with E-state index in [-0.39, 0.29) is 22.0 Å². The highest BCUT2D eigenvalue weighted by molar-refractivity contribution is 7.84. The molecule has 1 aliphatic heterocycles. The number of aromatic nitrogens is 1. The van der Waals surface area contributed by atoms with Crippen molar-refractivity contribution in [3.05, 3.63) is 29.0 Å². The summed E-state index contributed by atoms with van der Waals surface area (Å²) in [6.07, 6.45) is 0.812. The van der Waals surface area contributed by atoms with Gasteiger partial charge < -0.3 is 10.2 Å². The Morgan fingerprint density at radius 2 is 2.07 bits per heavy atom. The summed E-state index contributed by atoms with van der Waals surface area (Å²) in [4.78, 5) is 30.6. The third-order valence-corrected chi connectivity index (χ3v) is 7.49. The number of anilines is 1. The predicted molar refractivity (Wildman–Crippen MR) is 111 cm³/mol. The average Bonchev–Trinajstić information content (AvgIpc) is 3.35. The normalized spacial score (nSPS) is 17.9. The van der Waals surface area contributed by atoms with Gasteiger partial charge in [0.15, 0.2) is 5.13 Å². The van der Waals surface area contributed by atoms with E-state index in [0.717, 1.165) is 24.2 Å². The number of halogens is 2. The fourth-order valence-corrected chi connectivity index (χ4v) is 5.66. The Kier molecular flexibility index (Phi) is 5.48. The quantitative estimate of drug-likeness (QED) is 0.711. The van der Waals surface area contributed by atoms with Crippen LogP contribution in [0.15, 0.2) is 17.0 Å². The summed E-state index contributed by atoms with van der Waals surface area (Å²) >= 11 is 0.937. The maximum atomic E-state index is 13.6. The number of benzene rings is 1. The Balaban J connectivity index is 1.81. The molecule has 30 heavy (non-hydrogen) atoms. The van der Waals surface area contributed by atoms with Gasteiger partial charge in [-0.25, -0.2) is 13.8 Å². The number of fused-ring (bicyclic) bond motifs is 1. The van der Waals surface area contributed by atoms with Gasteiger partial charge in [-0.3, -0.25) is 13.8 Å². The highest BCUT2D eigenvalue weighted by atomic mass is 32.2. The lowest BCUT2D eigenvalue weighted by Gasteiger charge is -2.24. The van der Waals surface area contributed by atoms with Crippen LogP contribution in [-0.2, 0) is 22.1 Å². The number of alkyl halides is 2. The van der Waals surface area contributed by atoms with Crippen molar-refractivity contribution in [2.75, 3.05) is 11.6 Å². The molecule has 1 unspecified atom stereocenters. The average molecular weight is 454 g/mol. The summed E-state index contributed by atoms with van der Waals surface area (Å²) in [7, 11) is -1.48. The molecule has 2 aliphatic rings. The van der Waals surface area contributed by atoms with E-state index in [0.29, 0.717) is 34.0 Å². The van der Waals surface area contributed by atoms with Gasteiger partial charge in [-0.1, -0.05) is 11.3 Å². The van der Waals surface area contributed by atoms with Crippen LogP contribution < -0.4 is 5.32 Å². The van der Waals surface area contributed by atoms with E-state index in [2.05, 4.69) is 10.3 Å². The molecule has 0 spiro atoms. The molecule has 1 N–H and O–H groups in total. The molecule has 2 atom stereocenters. The third kappa shape index (κ3) is 3.78. The first-order valence-electron chi connectivity index (χ1n) is 9.55. The highest BCUT2D eigenvalue weighted by Gasteiger charge is 2.40. The molecule has 10 heteroatoms. The lowest BCUT2D eigenvalue weighted by Crippen LogP contribution is -2.34. The number of nitrogens with zero attached hydrogens (tertiary/aromatic N) is 2. The Morgan fingerprint density at radius 3 is 2.63 bits per heavy atom. The fourth-order valence-electron chi connectivity index (χ4n) is 3.85. The number of nitrogens with one attached hydrogen (secondary N) is 1. The van der Waals surface area contributed by atoms with E-state index in [1.54, 1.807) is 11.0 Å². The van der Waals surface area contributed by atoms with Crippen LogP contribution in [0.2, 0.25) is 0 Å². The van der Waals surface area contributed by atoms with Crippen LogP contribution in [0.3, 0.4) is 0 Å². The smallest absolute Gasteiger partial charge is 0.281 e. The summed E-state index contributed by atoms with van der Waals surface area (Å²) < 4.78 is 39.7. The van der Waals surface area contributed by atoms with Crippen molar-refractivity contribution in [1.29, 1.82) is 0 Å². The van der Waals surface area contributed by atoms with Crippen LogP contribution in [0.4, 0.5) is 13.9 Å². The van der Waals surface area contributed by atoms with Gasteiger partial charge >= 0.3 is 0 Å². The molecule has 1 fully saturated rings. The second-order valence-corrected chi connectivity index (χ2v) is 10.0. The number of rotatable bonds is 6. The van der Waals surface area contributed by atoms with Crippen molar-refractivity contribution in [1.82, 2.24) is 9.88 Å². The zero-order chi connectivity index (χ0) is 21.7. The van der Waals surface area contributed by atoms with Crippen LogP contribution in [0, 0.1) is 5.92 Å². The maximum absolute atomic E-state index is 13.6. The van der Waals surface area contributed by atoms with Gasteiger partial charge in [-0.2, -0.15) is 0 Å². The topological polar surface area (TPSA) is 79.4 Å². The number of hydrogen-bond donors (Lipinski definition) is 1. The van der Waals surface area contributed by atoms with Crippen molar-refractivity contribution >= 4 is 39.1 Å². The Labute approximate surface area is 179 Å². The summed E-state index contributed by atoms with van der Waals surface area (Å²) in [6, 6.07) is 3.33. The van der Waals surface area contributed by atoms with Gasteiger partial charge in [0.05, 0.1) is 26.1 Å². The zero-order valence-corrected chi connectivity index (χ0v) is 18.3. The Bertz CT molecular complexity index is 1070. The first-order valence-corrected chi connectivity index (χ1v) is 11.9.